The third-order valence-corrected chi connectivity index (χ3v) is 7.74. The van der Waals surface area contributed by atoms with E-state index in [1.165, 1.54) is 11.9 Å². The van der Waals surface area contributed by atoms with Gasteiger partial charge in [-0.3, -0.25) is 14.4 Å². The van der Waals surface area contributed by atoms with Gasteiger partial charge in [-0.15, -0.1) is 0 Å². The second kappa shape index (κ2) is 15.2. The Kier molecular flexibility index (Phi) is 11.2. The van der Waals surface area contributed by atoms with Crippen LogP contribution in [0.25, 0.3) is 10.8 Å². The molecule has 0 aliphatic rings. The van der Waals surface area contributed by atoms with Crippen molar-refractivity contribution in [2.45, 2.75) is 70.9 Å². The fraction of sp³-hybridized carbons (Fsp3) is 0.371. The van der Waals surface area contributed by atoms with Crippen molar-refractivity contribution in [3.63, 3.8) is 0 Å². The van der Waals surface area contributed by atoms with E-state index in [9.17, 15) is 14.4 Å². The van der Waals surface area contributed by atoms with Crippen molar-refractivity contribution in [1.82, 2.24) is 15.3 Å². The first-order chi connectivity index (χ1) is 20.3. The summed E-state index contributed by atoms with van der Waals surface area (Å²) >= 11 is 0. The van der Waals surface area contributed by atoms with Gasteiger partial charge in [0.15, 0.2) is 0 Å². The van der Waals surface area contributed by atoms with E-state index in [2.05, 4.69) is 51.7 Å². The number of carbonyl (C=O) groups is 3. The maximum Gasteiger partial charge on any atom is 0.224 e. The van der Waals surface area contributed by atoms with E-state index in [0.717, 1.165) is 35.6 Å². The Morgan fingerprint density at radius 3 is 2.36 bits per heavy atom. The molecule has 1 unspecified atom stereocenters. The second-order valence-corrected chi connectivity index (χ2v) is 11.6. The molecule has 1 aromatic heterocycles. The van der Waals surface area contributed by atoms with Crippen LogP contribution in [0.2, 0.25) is 0 Å². The Hall–Kier alpha value is -4.10. The van der Waals surface area contributed by atoms with Crippen LogP contribution in [-0.2, 0) is 33.6 Å². The molecular weight excluding hydrogens is 524 g/mol. The number of rotatable bonds is 16. The molecule has 3 aromatic carbocycles. The number of amides is 1. The van der Waals surface area contributed by atoms with Crippen LogP contribution in [0.5, 0.6) is 0 Å². The van der Waals surface area contributed by atoms with E-state index < -0.39 is 23.7 Å². The number of hydrogen-bond donors (Lipinski definition) is 3. The van der Waals surface area contributed by atoms with E-state index in [-0.39, 0.29) is 24.2 Å². The van der Waals surface area contributed by atoms with Crippen LogP contribution in [0.15, 0.2) is 85.3 Å². The highest BCUT2D eigenvalue weighted by Crippen LogP contribution is 2.24. The summed E-state index contributed by atoms with van der Waals surface area (Å²) in [5.41, 5.74) is 9.18. The van der Waals surface area contributed by atoms with E-state index in [1.807, 2.05) is 50.2 Å². The zero-order valence-electron chi connectivity index (χ0n) is 24.6. The Morgan fingerprint density at radius 1 is 0.881 bits per heavy atom. The van der Waals surface area contributed by atoms with Gasteiger partial charge in [0.25, 0.3) is 0 Å². The van der Waals surface area contributed by atoms with Crippen LogP contribution in [0, 0.1) is 11.8 Å². The summed E-state index contributed by atoms with van der Waals surface area (Å²) in [5, 5.41) is 5.23. The number of nitrogens with two attached hydrogens (primary N) is 1. The number of aromatic nitrogens is 2. The Morgan fingerprint density at radius 2 is 1.62 bits per heavy atom. The van der Waals surface area contributed by atoms with Crippen molar-refractivity contribution in [1.29, 1.82) is 0 Å². The summed E-state index contributed by atoms with van der Waals surface area (Å²) in [6, 6.07) is 22.8. The van der Waals surface area contributed by atoms with Crippen molar-refractivity contribution in [2.75, 3.05) is 0 Å². The minimum absolute atomic E-state index is 0.0956. The molecule has 7 nitrogen and oxygen atoms in total. The van der Waals surface area contributed by atoms with Gasteiger partial charge in [0.05, 0.1) is 18.4 Å². The van der Waals surface area contributed by atoms with Gasteiger partial charge >= 0.3 is 0 Å². The Balaban J connectivity index is 1.49. The first-order valence-corrected chi connectivity index (χ1v) is 14.9. The van der Waals surface area contributed by atoms with Gasteiger partial charge in [-0.2, -0.15) is 0 Å². The third-order valence-electron chi connectivity index (χ3n) is 7.74. The minimum atomic E-state index is -1.01. The fourth-order valence-electron chi connectivity index (χ4n) is 5.50. The zero-order chi connectivity index (χ0) is 29.9. The van der Waals surface area contributed by atoms with Gasteiger partial charge in [-0.1, -0.05) is 93.1 Å². The lowest BCUT2D eigenvalue weighted by molar-refractivity contribution is -0.140. The largest absolute Gasteiger partial charge is 0.348 e. The molecule has 7 heteroatoms. The molecule has 1 heterocycles. The molecule has 220 valence electrons. The average Bonchev–Trinajstić information content (AvgIpc) is 3.51. The van der Waals surface area contributed by atoms with Crippen molar-refractivity contribution in [3.05, 3.63) is 102 Å². The fourth-order valence-corrected chi connectivity index (χ4v) is 5.50. The van der Waals surface area contributed by atoms with Crippen LogP contribution < -0.4 is 11.1 Å². The highest BCUT2D eigenvalue weighted by atomic mass is 16.2. The maximum absolute atomic E-state index is 13.9. The van der Waals surface area contributed by atoms with E-state index >= 15 is 0 Å². The summed E-state index contributed by atoms with van der Waals surface area (Å²) in [7, 11) is 0. The predicted octanol–water partition coefficient (Wildman–Crippen LogP) is 5.37. The quantitative estimate of drug-likeness (QED) is 0.124. The smallest absolute Gasteiger partial charge is 0.224 e. The standard InChI is InChI=1S/C35H42N4O3/c1-24(2)19-32(34(41)33(40)31(36)21-29-22-37-23-38-29)39-35(42)28(15-7-6-13-25-11-4-3-5-12-25)20-27-17-10-16-26-14-8-9-18-30(26)27/h3-5,8-12,14,16-18,22-24,28,31-32H,6-7,13,15,19-21,36H2,1-2H3,(H,37,38)(H,39,42)/t28?,31-,32-/m0/s1. The first-order valence-electron chi connectivity index (χ1n) is 14.9. The van der Waals surface area contributed by atoms with E-state index in [1.54, 1.807) is 6.20 Å². The third kappa shape index (κ3) is 8.70. The molecule has 0 saturated heterocycles. The average molecular weight is 567 g/mol. The lowest BCUT2D eigenvalue weighted by atomic mass is 9.89. The number of benzene rings is 3. The van der Waals surface area contributed by atoms with Crippen molar-refractivity contribution in [3.8, 4) is 0 Å². The number of carbonyl (C=O) groups excluding carboxylic acids is 3. The van der Waals surface area contributed by atoms with Gasteiger partial charge < -0.3 is 16.0 Å². The molecule has 0 aliphatic carbocycles. The Bertz CT molecular complexity index is 1440. The zero-order valence-corrected chi connectivity index (χ0v) is 24.6. The van der Waals surface area contributed by atoms with E-state index in [4.69, 9.17) is 5.73 Å². The van der Waals surface area contributed by atoms with Crippen LogP contribution in [0.4, 0.5) is 0 Å². The lowest BCUT2D eigenvalue weighted by Gasteiger charge is -2.24. The normalized spacial score (nSPS) is 13.5. The summed E-state index contributed by atoms with van der Waals surface area (Å²) in [6.07, 6.45) is 7.63. The second-order valence-electron chi connectivity index (χ2n) is 11.6. The summed E-state index contributed by atoms with van der Waals surface area (Å²) in [4.78, 5) is 47.2. The van der Waals surface area contributed by atoms with Gasteiger partial charge in [0.2, 0.25) is 17.5 Å². The Labute approximate surface area is 248 Å². The topological polar surface area (TPSA) is 118 Å². The molecule has 0 saturated carbocycles. The SMILES string of the molecule is CC(C)C[C@H](NC(=O)C(CCCCc1ccccc1)Cc1cccc2ccccc12)C(=O)C(=O)[C@@H](N)Cc1cnc[nH]1. The van der Waals surface area contributed by atoms with E-state index in [0.29, 0.717) is 25.0 Å². The van der Waals surface area contributed by atoms with Crippen LogP contribution in [0.3, 0.4) is 0 Å². The lowest BCUT2D eigenvalue weighted by Crippen LogP contribution is -2.51. The molecule has 0 spiro atoms. The molecule has 4 aromatic rings. The number of Topliss-reactive ketones (excluding diaryl/α,β-unsaturated/α-hetero) is 2. The number of aromatic amines is 1. The van der Waals surface area contributed by atoms with Gasteiger partial charge in [0, 0.05) is 24.2 Å². The number of ketones is 2. The number of unbranched alkanes of at least 4 members (excludes halogenated alkanes) is 1. The van der Waals surface area contributed by atoms with Gasteiger partial charge in [0.1, 0.15) is 0 Å². The number of H-pyrrole nitrogens is 1. The van der Waals surface area contributed by atoms with Crippen molar-refractivity contribution < 1.29 is 14.4 Å². The van der Waals surface area contributed by atoms with Gasteiger partial charge in [-0.25, -0.2) is 4.98 Å². The summed E-state index contributed by atoms with van der Waals surface area (Å²) in [6.45, 7) is 3.94. The number of imidazole rings is 1. The molecular formula is C35H42N4O3. The maximum atomic E-state index is 13.9. The van der Waals surface area contributed by atoms with Crippen LogP contribution in [0.1, 0.15) is 56.4 Å². The minimum Gasteiger partial charge on any atom is -0.348 e. The molecule has 3 atom stereocenters. The highest BCUT2D eigenvalue weighted by molar-refractivity contribution is 6.41. The number of fused-ring (bicyclic) bond motifs is 1. The number of hydrogen-bond acceptors (Lipinski definition) is 5. The molecule has 42 heavy (non-hydrogen) atoms. The molecule has 4 rings (SSSR count). The van der Waals surface area contributed by atoms with Crippen molar-refractivity contribution >= 4 is 28.2 Å². The van der Waals surface area contributed by atoms with Crippen molar-refractivity contribution in [2.24, 2.45) is 17.6 Å². The number of aryl methyl sites for hydroxylation is 1. The predicted molar refractivity (Wildman–Crippen MR) is 167 cm³/mol. The van der Waals surface area contributed by atoms with Crippen LogP contribution >= 0.6 is 0 Å². The molecule has 0 aliphatic heterocycles. The molecule has 1 amide bonds. The summed E-state index contributed by atoms with van der Waals surface area (Å²) in [5.74, 6) is -1.77. The number of nitrogens with zero attached hydrogens (tertiary/aromatic N) is 1. The van der Waals surface area contributed by atoms with Crippen LogP contribution in [-0.4, -0.2) is 39.5 Å². The van der Waals surface area contributed by atoms with Gasteiger partial charge in [-0.05, 0) is 59.9 Å². The molecule has 0 bridgehead atoms. The highest BCUT2D eigenvalue weighted by Gasteiger charge is 2.33. The number of nitrogens with one attached hydrogen (secondary N) is 2. The molecule has 0 radical (unpaired) electrons. The molecule has 4 N–H and O–H groups in total. The first kappa shape index (κ1) is 30.8. The molecule has 0 fully saturated rings. The monoisotopic (exact) mass is 566 g/mol. The summed E-state index contributed by atoms with van der Waals surface area (Å²) < 4.78 is 0.